The van der Waals surface area contributed by atoms with Crippen molar-refractivity contribution in [3.63, 3.8) is 0 Å². The average Bonchev–Trinajstić information content (AvgIpc) is 2.12. The maximum Gasteiger partial charge on any atom is 0.148 e. The lowest BCUT2D eigenvalue weighted by Gasteiger charge is -2.05. The standard InChI is InChI=1S/C9H10FNO2/c1-7-6-8(2-3-9(7)10)11-13-5-4-12/h2-4,6,11H,5H2,1H3. The molecule has 0 unspecified atom stereocenters. The first-order chi connectivity index (χ1) is 6.24. The number of aryl methyl sites for hydroxylation is 1. The van der Waals surface area contributed by atoms with Gasteiger partial charge in [0, 0.05) is 0 Å². The number of hydrogen-bond acceptors (Lipinski definition) is 3. The third-order valence-corrected chi connectivity index (χ3v) is 1.50. The van der Waals surface area contributed by atoms with Gasteiger partial charge in [-0.1, -0.05) is 0 Å². The number of anilines is 1. The lowest BCUT2D eigenvalue weighted by Crippen LogP contribution is -2.03. The molecular formula is C9H10FNO2. The van der Waals surface area contributed by atoms with Crippen LogP contribution in [0.25, 0.3) is 0 Å². The van der Waals surface area contributed by atoms with E-state index in [0.29, 0.717) is 17.5 Å². The number of carbonyl (C=O) groups is 1. The van der Waals surface area contributed by atoms with Gasteiger partial charge in [0.05, 0.1) is 5.69 Å². The van der Waals surface area contributed by atoms with E-state index in [1.54, 1.807) is 13.0 Å². The highest BCUT2D eigenvalue weighted by Crippen LogP contribution is 2.13. The molecule has 70 valence electrons. The van der Waals surface area contributed by atoms with Crippen LogP contribution in [0.1, 0.15) is 5.56 Å². The van der Waals surface area contributed by atoms with Crippen molar-refractivity contribution in [1.29, 1.82) is 0 Å². The molecule has 0 spiro atoms. The first kappa shape index (κ1) is 9.67. The molecule has 0 atom stereocenters. The van der Waals surface area contributed by atoms with E-state index in [-0.39, 0.29) is 12.4 Å². The molecule has 4 heteroatoms. The van der Waals surface area contributed by atoms with Crippen LogP contribution < -0.4 is 5.48 Å². The molecule has 0 aliphatic rings. The fourth-order valence-corrected chi connectivity index (χ4v) is 0.867. The Hall–Kier alpha value is -1.42. The summed E-state index contributed by atoms with van der Waals surface area (Å²) < 4.78 is 12.8. The van der Waals surface area contributed by atoms with Gasteiger partial charge in [0.2, 0.25) is 0 Å². The Kier molecular flexibility index (Phi) is 3.40. The third-order valence-electron chi connectivity index (χ3n) is 1.50. The van der Waals surface area contributed by atoms with E-state index in [4.69, 9.17) is 4.84 Å². The maximum atomic E-state index is 12.8. The Morgan fingerprint density at radius 3 is 3.00 bits per heavy atom. The number of carbonyl (C=O) groups excluding carboxylic acids is 1. The SMILES string of the molecule is Cc1cc(NOCC=O)ccc1F. The van der Waals surface area contributed by atoms with Gasteiger partial charge in [0.15, 0.2) is 0 Å². The van der Waals surface area contributed by atoms with Crippen LogP contribution in [-0.2, 0) is 9.63 Å². The Morgan fingerprint density at radius 1 is 1.62 bits per heavy atom. The topological polar surface area (TPSA) is 38.3 Å². The van der Waals surface area contributed by atoms with Crippen LogP contribution in [0.15, 0.2) is 18.2 Å². The average molecular weight is 183 g/mol. The van der Waals surface area contributed by atoms with E-state index in [9.17, 15) is 9.18 Å². The largest absolute Gasteiger partial charge is 0.301 e. The van der Waals surface area contributed by atoms with Crippen LogP contribution in [0.4, 0.5) is 10.1 Å². The second-order valence-corrected chi connectivity index (χ2v) is 2.54. The number of halogens is 1. The van der Waals surface area contributed by atoms with E-state index in [1.165, 1.54) is 12.1 Å². The Labute approximate surface area is 75.5 Å². The van der Waals surface area contributed by atoms with Crippen molar-refractivity contribution in [3.8, 4) is 0 Å². The van der Waals surface area contributed by atoms with E-state index >= 15 is 0 Å². The molecule has 0 saturated heterocycles. The summed E-state index contributed by atoms with van der Waals surface area (Å²) in [6, 6.07) is 4.47. The fraction of sp³-hybridized carbons (Fsp3) is 0.222. The van der Waals surface area contributed by atoms with E-state index in [0.717, 1.165) is 0 Å². The molecule has 0 aliphatic heterocycles. The first-order valence-electron chi connectivity index (χ1n) is 3.81. The zero-order valence-corrected chi connectivity index (χ0v) is 7.21. The molecule has 0 saturated carbocycles. The molecular weight excluding hydrogens is 173 g/mol. The normalized spacial score (nSPS) is 9.69. The van der Waals surface area contributed by atoms with Crippen molar-refractivity contribution in [2.75, 3.05) is 12.1 Å². The van der Waals surface area contributed by atoms with Gasteiger partial charge in [0.25, 0.3) is 0 Å². The summed E-state index contributed by atoms with van der Waals surface area (Å²) in [5.41, 5.74) is 3.67. The van der Waals surface area contributed by atoms with E-state index in [1.807, 2.05) is 0 Å². The third kappa shape index (κ3) is 2.83. The van der Waals surface area contributed by atoms with Crippen molar-refractivity contribution < 1.29 is 14.0 Å². The van der Waals surface area contributed by atoms with Gasteiger partial charge >= 0.3 is 0 Å². The van der Waals surface area contributed by atoms with Gasteiger partial charge in [-0.15, -0.1) is 0 Å². The van der Waals surface area contributed by atoms with E-state index < -0.39 is 0 Å². The van der Waals surface area contributed by atoms with Crippen LogP contribution in [0.5, 0.6) is 0 Å². The van der Waals surface area contributed by atoms with Crippen molar-refractivity contribution >= 4 is 12.0 Å². The minimum Gasteiger partial charge on any atom is -0.301 e. The van der Waals surface area contributed by atoms with Crippen molar-refractivity contribution in [1.82, 2.24) is 0 Å². The highest BCUT2D eigenvalue weighted by atomic mass is 19.1. The van der Waals surface area contributed by atoms with Crippen molar-refractivity contribution in [3.05, 3.63) is 29.6 Å². The molecule has 0 heterocycles. The summed E-state index contributed by atoms with van der Waals surface area (Å²) in [7, 11) is 0. The van der Waals surface area contributed by atoms with Crippen LogP contribution in [0.3, 0.4) is 0 Å². The Balaban J connectivity index is 2.57. The molecule has 0 aromatic heterocycles. The lowest BCUT2D eigenvalue weighted by molar-refractivity contribution is -0.111. The van der Waals surface area contributed by atoms with Crippen LogP contribution >= 0.6 is 0 Å². The molecule has 0 aliphatic carbocycles. The van der Waals surface area contributed by atoms with Crippen molar-refractivity contribution in [2.45, 2.75) is 6.92 Å². The number of hydrogen-bond donors (Lipinski definition) is 1. The van der Waals surface area contributed by atoms with Gasteiger partial charge in [-0.2, -0.15) is 0 Å². The molecule has 1 aromatic rings. The second-order valence-electron chi connectivity index (χ2n) is 2.54. The van der Waals surface area contributed by atoms with Gasteiger partial charge in [-0.3, -0.25) is 10.3 Å². The molecule has 3 nitrogen and oxygen atoms in total. The molecule has 1 rings (SSSR count). The van der Waals surface area contributed by atoms with Crippen LogP contribution in [-0.4, -0.2) is 12.9 Å². The fourth-order valence-electron chi connectivity index (χ4n) is 0.867. The van der Waals surface area contributed by atoms with E-state index in [2.05, 4.69) is 5.48 Å². The first-order valence-corrected chi connectivity index (χ1v) is 3.81. The molecule has 0 fully saturated rings. The predicted molar refractivity (Wildman–Crippen MR) is 46.8 cm³/mol. The molecule has 0 amide bonds. The highest BCUT2D eigenvalue weighted by Gasteiger charge is 1.97. The molecule has 0 radical (unpaired) electrons. The second kappa shape index (κ2) is 4.57. The van der Waals surface area contributed by atoms with Crippen LogP contribution in [0.2, 0.25) is 0 Å². The minimum absolute atomic E-state index is 0.0313. The van der Waals surface area contributed by atoms with Crippen molar-refractivity contribution in [2.24, 2.45) is 0 Å². The molecule has 1 aromatic carbocycles. The quantitative estimate of drug-likeness (QED) is 0.438. The number of benzene rings is 1. The Bertz CT molecular complexity index is 302. The predicted octanol–water partition coefficient (Wildman–Crippen LogP) is 1.68. The number of nitrogens with one attached hydrogen (secondary N) is 1. The van der Waals surface area contributed by atoms with Gasteiger partial charge in [-0.25, -0.2) is 4.39 Å². The smallest absolute Gasteiger partial charge is 0.148 e. The molecule has 0 bridgehead atoms. The van der Waals surface area contributed by atoms with Crippen LogP contribution in [0, 0.1) is 12.7 Å². The zero-order chi connectivity index (χ0) is 9.68. The summed E-state index contributed by atoms with van der Waals surface area (Å²) in [5.74, 6) is -0.263. The van der Waals surface area contributed by atoms with Gasteiger partial charge < -0.3 is 4.79 Å². The number of aldehydes is 1. The lowest BCUT2D eigenvalue weighted by atomic mass is 10.2. The monoisotopic (exact) mass is 183 g/mol. The maximum absolute atomic E-state index is 12.8. The molecule has 13 heavy (non-hydrogen) atoms. The summed E-state index contributed by atoms with van der Waals surface area (Å²) in [6.45, 7) is 1.62. The summed E-state index contributed by atoms with van der Waals surface area (Å²) >= 11 is 0. The zero-order valence-electron chi connectivity index (χ0n) is 7.21. The summed E-state index contributed by atoms with van der Waals surface area (Å²) in [5, 5.41) is 0. The summed E-state index contributed by atoms with van der Waals surface area (Å²) in [4.78, 5) is 14.6. The minimum atomic E-state index is -0.263. The number of rotatable bonds is 4. The van der Waals surface area contributed by atoms with Gasteiger partial charge in [-0.05, 0) is 30.7 Å². The summed E-state index contributed by atoms with van der Waals surface area (Å²) in [6.07, 6.45) is 0.628. The molecule has 1 N–H and O–H groups in total. The highest BCUT2D eigenvalue weighted by molar-refractivity contribution is 5.51. The van der Waals surface area contributed by atoms with Gasteiger partial charge in [0.1, 0.15) is 18.7 Å². The Morgan fingerprint density at radius 2 is 2.38 bits per heavy atom.